The average Bonchev–Trinajstić information content (AvgIpc) is 2.66. The van der Waals surface area contributed by atoms with Crippen LogP contribution < -0.4 is 5.46 Å². The first-order chi connectivity index (χ1) is 7.78. The smallest absolute Gasteiger partial charge is 0.135 e. The highest BCUT2D eigenvalue weighted by Crippen LogP contribution is 2.28. The largest absolute Gasteiger partial charge is 0.456 e. The van der Waals surface area contributed by atoms with Crippen molar-refractivity contribution in [1.82, 2.24) is 0 Å². The average molecular weight is 203 g/mol. The summed E-state index contributed by atoms with van der Waals surface area (Å²) in [6, 6.07) is 12.2. The predicted octanol–water partition coefficient (Wildman–Crippen LogP) is 2.31. The lowest BCUT2D eigenvalue weighted by molar-refractivity contribution is 0.669. The first kappa shape index (κ1) is 9.59. The van der Waals surface area contributed by atoms with E-state index < -0.39 is 0 Å². The molecule has 0 unspecified atom stereocenters. The number of hydrogen-bond acceptors (Lipinski definition) is 1. The van der Waals surface area contributed by atoms with E-state index in [1.807, 2.05) is 18.2 Å². The highest BCUT2D eigenvalue weighted by molar-refractivity contribution is 6.97. The summed E-state index contributed by atoms with van der Waals surface area (Å²) < 4.78 is 5.75. The van der Waals surface area contributed by atoms with E-state index in [0.29, 0.717) is 0 Å². The Morgan fingerprint density at radius 3 is 2.44 bits per heavy atom. The summed E-state index contributed by atoms with van der Waals surface area (Å²) in [6.45, 7) is 2.08. The van der Waals surface area contributed by atoms with Crippen LogP contribution in [0, 0.1) is 6.92 Å². The van der Waals surface area contributed by atoms with Gasteiger partial charge < -0.3 is 4.42 Å². The van der Waals surface area contributed by atoms with Gasteiger partial charge in [0.05, 0.1) is 7.17 Å². The molecule has 3 radical (unpaired) electrons. The van der Waals surface area contributed by atoms with Crippen LogP contribution >= 0.6 is 0 Å². The first-order valence-electron chi connectivity index (χ1n) is 5.26. The minimum atomic E-state index is 0.909. The number of furan rings is 1. The summed E-state index contributed by atoms with van der Waals surface area (Å²) >= 11 is 0. The minimum Gasteiger partial charge on any atom is -0.456 e. The van der Waals surface area contributed by atoms with Crippen molar-refractivity contribution >= 4 is 42.3 Å². The van der Waals surface area contributed by atoms with Crippen LogP contribution in [0.5, 0.6) is 0 Å². The zero-order valence-electron chi connectivity index (χ0n) is 9.03. The lowest BCUT2D eigenvalue weighted by atomic mass is 9.51. The Hall–Kier alpha value is -1.63. The molecule has 0 atom stereocenters. The van der Waals surface area contributed by atoms with Crippen LogP contribution in [0.3, 0.4) is 0 Å². The number of aryl methyl sites for hydroxylation is 1. The second-order valence-corrected chi connectivity index (χ2v) is 4.02. The standard InChI is InChI=1S/C13H9B2O/c1-8-2-4-12-10(6-8)11-7-9(15-14)3-5-13(11)16-12/h2-7H,1H3. The van der Waals surface area contributed by atoms with Crippen LogP contribution in [0.2, 0.25) is 0 Å². The highest BCUT2D eigenvalue weighted by atomic mass is 16.3. The van der Waals surface area contributed by atoms with Crippen molar-refractivity contribution in [2.24, 2.45) is 0 Å². The van der Waals surface area contributed by atoms with Crippen LogP contribution in [-0.4, -0.2) is 14.9 Å². The van der Waals surface area contributed by atoms with Gasteiger partial charge in [-0.15, -0.1) is 0 Å². The maximum atomic E-state index is 5.75. The molecule has 0 aliphatic rings. The molecule has 0 aliphatic heterocycles. The van der Waals surface area contributed by atoms with Gasteiger partial charge in [-0.2, -0.15) is 0 Å². The third-order valence-electron chi connectivity index (χ3n) is 2.84. The number of hydrogen-bond donors (Lipinski definition) is 0. The number of fused-ring (bicyclic) bond motifs is 3. The second-order valence-electron chi connectivity index (χ2n) is 4.02. The lowest BCUT2D eigenvalue weighted by Gasteiger charge is -1.95. The van der Waals surface area contributed by atoms with Crippen LogP contribution in [0.1, 0.15) is 5.56 Å². The van der Waals surface area contributed by atoms with Gasteiger partial charge >= 0.3 is 0 Å². The summed E-state index contributed by atoms with van der Waals surface area (Å²) in [4.78, 5) is 0. The lowest BCUT2D eigenvalue weighted by Crippen LogP contribution is -2.12. The Morgan fingerprint density at radius 2 is 1.69 bits per heavy atom. The normalized spacial score (nSPS) is 11.1. The van der Waals surface area contributed by atoms with E-state index in [2.05, 4.69) is 25.1 Å². The summed E-state index contributed by atoms with van der Waals surface area (Å²) in [5.41, 5.74) is 4.08. The fraction of sp³-hybridized carbons (Fsp3) is 0.0769. The molecule has 0 aliphatic carbocycles. The Morgan fingerprint density at radius 1 is 1.00 bits per heavy atom. The van der Waals surface area contributed by atoms with Crippen molar-refractivity contribution in [2.75, 3.05) is 0 Å². The number of benzene rings is 2. The van der Waals surface area contributed by atoms with Crippen LogP contribution in [0.4, 0.5) is 0 Å². The number of rotatable bonds is 1. The van der Waals surface area contributed by atoms with Gasteiger partial charge in [0.1, 0.15) is 11.2 Å². The third kappa shape index (κ3) is 1.35. The van der Waals surface area contributed by atoms with Gasteiger partial charge in [-0.05, 0) is 25.1 Å². The van der Waals surface area contributed by atoms with Crippen LogP contribution in [0.25, 0.3) is 21.9 Å². The molecule has 1 nitrogen and oxygen atoms in total. The molecule has 0 fully saturated rings. The molecule has 16 heavy (non-hydrogen) atoms. The molecule has 0 bridgehead atoms. The maximum absolute atomic E-state index is 5.75. The summed E-state index contributed by atoms with van der Waals surface area (Å²) in [5.74, 6) is 0. The monoisotopic (exact) mass is 203 g/mol. The molecule has 0 N–H and O–H groups in total. The third-order valence-corrected chi connectivity index (χ3v) is 2.84. The fourth-order valence-corrected chi connectivity index (χ4v) is 2.01. The van der Waals surface area contributed by atoms with Crippen molar-refractivity contribution < 1.29 is 4.42 Å². The molecule has 1 aromatic heterocycles. The molecule has 3 heteroatoms. The van der Waals surface area contributed by atoms with Gasteiger partial charge in [0, 0.05) is 18.5 Å². The minimum absolute atomic E-state index is 0.909. The van der Waals surface area contributed by atoms with Crippen molar-refractivity contribution in [3.63, 3.8) is 0 Å². The molecule has 1 heterocycles. The van der Waals surface area contributed by atoms with Crippen molar-refractivity contribution in [3.05, 3.63) is 42.0 Å². The molecule has 3 aromatic rings. The second kappa shape index (κ2) is 3.44. The van der Waals surface area contributed by atoms with E-state index in [9.17, 15) is 0 Å². The Labute approximate surface area is 96.1 Å². The zero-order valence-corrected chi connectivity index (χ0v) is 9.03. The van der Waals surface area contributed by atoms with E-state index in [0.717, 1.165) is 27.4 Å². The molecule has 0 saturated heterocycles. The zero-order chi connectivity index (χ0) is 11.1. The fourth-order valence-electron chi connectivity index (χ4n) is 2.01. The molecule has 73 valence electrons. The van der Waals surface area contributed by atoms with Crippen molar-refractivity contribution in [2.45, 2.75) is 6.92 Å². The van der Waals surface area contributed by atoms with Gasteiger partial charge in [0.2, 0.25) is 0 Å². The van der Waals surface area contributed by atoms with Crippen LogP contribution in [-0.2, 0) is 0 Å². The van der Waals surface area contributed by atoms with E-state index in [-0.39, 0.29) is 0 Å². The summed E-state index contributed by atoms with van der Waals surface area (Å²) in [6.07, 6.45) is 0. The molecule has 3 rings (SSSR count). The van der Waals surface area contributed by atoms with Gasteiger partial charge in [0.15, 0.2) is 0 Å². The van der Waals surface area contributed by atoms with Crippen molar-refractivity contribution in [1.29, 1.82) is 0 Å². The van der Waals surface area contributed by atoms with Gasteiger partial charge in [-0.25, -0.2) is 0 Å². The molecule has 0 saturated carbocycles. The first-order valence-corrected chi connectivity index (χ1v) is 5.26. The molecule has 0 amide bonds. The Bertz CT molecular complexity index is 670. The molecular weight excluding hydrogens is 194 g/mol. The summed E-state index contributed by atoms with van der Waals surface area (Å²) in [7, 11) is 7.13. The quantitative estimate of drug-likeness (QED) is 0.553. The molecular formula is C13H9B2O. The van der Waals surface area contributed by atoms with Gasteiger partial charge in [0.25, 0.3) is 0 Å². The summed E-state index contributed by atoms with van der Waals surface area (Å²) in [5, 5.41) is 2.27. The van der Waals surface area contributed by atoms with Gasteiger partial charge in [-0.3, -0.25) is 0 Å². The SMILES string of the molecule is [B][B]c1ccc2oc3ccc(C)cc3c2c1. The Kier molecular flexibility index (Phi) is 2.06. The Balaban J connectivity index is 2.44. The van der Waals surface area contributed by atoms with Gasteiger partial charge in [-0.1, -0.05) is 29.2 Å². The van der Waals surface area contributed by atoms with E-state index >= 15 is 0 Å². The van der Waals surface area contributed by atoms with E-state index in [1.165, 1.54) is 5.56 Å². The predicted molar refractivity (Wildman–Crippen MR) is 69.6 cm³/mol. The van der Waals surface area contributed by atoms with Crippen molar-refractivity contribution in [3.8, 4) is 0 Å². The van der Waals surface area contributed by atoms with E-state index in [4.69, 9.17) is 12.2 Å². The maximum Gasteiger partial charge on any atom is 0.135 e. The van der Waals surface area contributed by atoms with E-state index in [1.54, 1.807) is 7.17 Å². The highest BCUT2D eigenvalue weighted by Gasteiger charge is 2.06. The van der Waals surface area contributed by atoms with Crippen LogP contribution in [0.15, 0.2) is 40.8 Å². The topological polar surface area (TPSA) is 13.1 Å². The molecule has 0 spiro atoms. The molecule has 2 aromatic carbocycles.